The van der Waals surface area contributed by atoms with Gasteiger partial charge in [-0.05, 0) is 13.0 Å². The molecule has 0 saturated carbocycles. The number of fused-ring (bicyclic) bond motifs is 1. The van der Waals surface area contributed by atoms with E-state index >= 15 is 0 Å². The van der Waals surface area contributed by atoms with E-state index in [4.69, 9.17) is 5.11 Å². The van der Waals surface area contributed by atoms with Gasteiger partial charge in [0.15, 0.2) is 5.82 Å². The third-order valence-electron chi connectivity index (χ3n) is 3.41. The van der Waals surface area contributed by atoms with Gasteiger partial charge in [0.25, 0.3) is 0 Å². The fraction of sp³-hybridized carbons (Fsp3) is 0.533. The van der Waals surface area contributed by atoms with Gasteiger partial charge in [-0.3, -0.25) is 4.79 Å². The van der Waals surface area contributed by atoms with E-state index in [0.717, 1.165) is 17.0 Å². The highest BCUT2D eigenvalue weighted by molar-refractivity contribution is 5.71. The quantitative estimate of drug-likeness (QED) is 0.915. The monoisotopic (exact) mass is 290 g/mol. The molecule has 0 radical (unpaired) electrons. The molecule has 2 rings (SSSR count). The van der Waals surface area contributed by atoms with Gasteiger partial charge in [-0.2, -0.15) is 5.10 Å². The van der Waals surface area contributed by atoms with Crippen molar-refractivity contribution in [3.05, 3.63) is 24.2 Å². The number of aromatic nitrogens is 3. The summed E-state index contributed by atoms with van der Waals surface area (Å²) in [5.41, 5.74) is 1.86. The SMILES string of the molecule is CCN(CCC(=O)O)c1nccn2nc(C(C)(C)C)cc12. The van der Waals surface area contributed by atoms with E-state index in [9.17, 15) is 4.79 Å². The number of anilines is 1. The van der Waals surface area contributed by atoms with Crippen LogP contribution in [0.4, 0.5) is 5.82 Å². The maximum absolute atomic E-state index is 10.8. The van der Waals surface area contributed by atoms with E-state index in [-0.39, 0.29) is 11.8 Å². The van der Waals surface area contributed by atoms with Crippen LogP contribution in [-0.4, -0.2) is 38.8 Å². The molecule has 0 aliphatic rings. The number of hydrogen-bond donors (Lipinski definition) is 1. The zero-order chi connectivity index (χ0) is 15.6. The Morgan fingerprint density at radius 1 is 1.43 bits per heavy atom. The summed E-state index contributed by atoms with van der Waals surface area (Å²) in [6.45, 7) is 9.48. The van der Waals surface area contributed by atoms with Crippen LogP contribution in [-0.2, 0) is 10.2 Å². The number of rotatable bonds is 5. The van der Waals surface area contributed by atoms with Crippen LogP contribution in [0.2, 0.25) is 0 Å². The lowest BCUT2D eigenvalue weighted by Crippen LogP contribution is -2.27. The van der Waals surface area contributed by atoms with Crippen molar-refractivity contribution >= 4 is 17.3 Å². The Balaban J connectivity index is 2.42. The van der Waals surface area contributed by atoms with Crippen LogP contribution < -0.4 is 4.90 Å². The van der Waals surface area contributed by atoms with Crippen molar-refractivity contribution in [3.63, 3.8) is 0 Å². The maximum Gasteiger partial charge on any atom is 0.305 e. The summed E-state index contributed by atoms with van der Waals surface area (Å²) in [7, 11) is 0. The molecule has 0 aromatic carbocycles. The lowest BCUT2D eigenvalue weighted by atomic mass is 9.92. The first-order chi connectivity index (χ1) is 9.82. The van der Waals surface area contributed by atoms with Crippen LogP contribution in [0.1, 0.15) is 39.8 Å². The number of aliphatic carboxylic acids is 1. The second kappa shape index (κ2) is 5.71. The minimum absolute atomic E-state index is 0.0403. The number of carboxylic acids is 1. The molecular weight excluding hydrogens is 268 g/mol. The van der Waals surface area contributed by atoms with Gasteiger partial charge in [0.2, 0.25) is 0 Å². The third kappa shape index (κ3) is 3.32. The van der Waals surface area contributed by atoms with Gasteiger partial charge in [-0.1, -0.05) is 20.8 Å². The lowest BCUT2D eigenvalue weighted by Gasteiger charge is -2.21. The first-order valence-electron chi connectivity index (χ1n) is 7.14. The first kappa shape index (κ1) is 15.3. The van der Waals surface area contributed by atoms with Crippen molar-refractivity contribution < 1.29 is 9.90 Å². The van der Waals surface area contributed by atoms with E-state index in [2.05, 4.69) is 30.9 Å². The number of carbonyl (C=O) groups is 1. The van der Waals surface area contributed by atoms with Crippen LogP contribution in [0.15, 0.2) is 18.5 Å². The lowest BCUT2D eigenvalue weighted by molar-refractivity contribution is -0.136. The highest BCUT2D eigenvalue weighted by Gasteiger charge is 2.20. The topological polar surface area (TPSA) is 70.7 Å². The molecule has 0 unspecified atom stereocenters. The van der Waals surface area contributed by atoms with Crippen molar-refractivity contribution in [1.29, 1.82) is 0 Å². The van der Waals surface area contributed by atoms with Crippen LogP contribution in [0.3, 0.4) is 0 Å². The zero-order valence-electron chi connectivity index (χ0n) is 13.0. The summed E-state index contributed by atoms with van der Waals surface area (Å²) in [4.78, 5) is 17.2. The van der Waals surface area contributed by atoms with Gasteiger partial charge in [-0.25, -0.2) is 9.50 Å². The van der Waals surface area contributed by atoms with Gasteiger partial charge < -0.3 is 10.0 Å². The number of nitrogens with zero attached hydrogens (tertiary/aromatic N) is 4. The molecule has 2 heterocycles. The molecule has 0 spiro atoms. The molecule has 0 saturated heterocycles. The Hall–Kier alpha value is -2.11. The van der Waals surface area contributed by atoms with E-state index < -0.39 is 5.97 Å². The average Bonchev–Trinajstić information content (AvgIpc) is 2.83. The molecule has 114 valence electrons. The Labute approximate surface area is 124 Å². The molecule has 1 N–H and O–H groups in total. The van der Waals surface area contributed by atoms with E-state index in [1.807, 2.05) is 28.6 Å². The van der Waals surface area contributed by atoms with Gasteiger partial charge in [-0.15, -0.1) is 0 Å². The summed E-state index contributed by atoms with van der Waals surface area (Å²) < 4.78 is 1.81. The van der Waals surface area contributed by atoms with Crippen LogP contribution in [0, 0.1) is 0 Å². The van der Waals surface area contributed by atoms with Crippen molar-refractivity contribution in [3.8, 4) is 0 Å². The van der Waals surface area contributed by atoms with E-state index in [1.165, 1.54) is 0 Å². The summed E-state index contributed by atoms with van der Waals surface area (Å²) in [6, 6.07) is 2.03. The van der Waals surface area contributed by atoms with Crippen molar-refractivity contribution in [2.75, 3.05) is 18.0 Å². The third-order valence-corrected chi connectivity index (χ3v) is 3.41. The Morgan fingerprint density at radius 3 is 2.71 bits per heavy atom. The van der Waals surface area contributed by atoms with E-state index in [1.54, 1.807) is 6.20 Å². The van der Waals surface area contributed by atoms with Gasteiger partial charge >= 0.3 is 5.97 Å². The molecule has 0 aliphatic carbocycles. The van der Waals surface area contributed by atoms with Gasteiger partial charge in [0.05, 0.1) is 12.1 Å². The maximum atomic E-state index is 10.8. The highest BCUT2D eigenvalue weighted by Crippen LogP contribution is 2.26. The molecular formula is C15H22N4O2. The molecule has 2 aromatic rings. The fourth-order valence-electron chi connectivity index (χ4n) is 2.16. The minimum Gasteiger partial charge on any atom is -0.481 e. The summed E-state index contributed by atoms with van der Waals surface area (Å²) in [5.74, 6) is -0.0199. The van der Waals surface area contributed by atoms with Crippen LogP contribution >= 0.6 is 0 Å². The molecule has 6 nitrogen and oxygen atoms in total. The van der Waals surface area contributed by atoms with Crippen LogP contribution in [0.5, 0.6) is 0 Å². The Kier molecular flexibility index (Phi) is 4.16. The summed E-state index contributed by atoms with van der Waals surface area (Å²) >= 11 is 0. The molecule has 21 heavy (non-hydrogen) atoms. The predicted molar refractivity (Wildman–Crippen MR) is 81.8 cm³/mol. The van der Waals surface area contributed by atoms with E-state index in [0.29, 0.717) is 13.1 Å². The smallest absolute Gasteiger partial charge is 0.305 e. The van der Waals surface area contributed by atoms with Crippen LogP contribution in [0.25, 0.3) is 5.52 Å². The Morgan fingerprint density at radius 2 is 2.14 bits per heavy atom. The van der Waals surface area contributed by atoms with Crippen molar-refractivity contribution in [2.24, 2.45) is 0 Å². The number of carboxylic acid groups (broad SMARTS) is 1. The normalized spacial score (nSPS) is 11.8. The first-order valence-corrected chi connectivity index (χ1v) is 7.14. The highest BCUT2D eigenvalue weighted by atomic mass is 16.4. The second-order valence-electron chi connectivity index (χ2n) is 6.08. The van der Waals surface area contributed by atoms with Gasteiger partial charge in [0.1, 0.15) is 5.52 Å². The Bertz CT molecular complexity index is 643. The fourth-order valence-corrected chi connectivity index (χ4v) is 2.16. The standard InChI is InChI=1S/C15H22N4O2/c1-5-18(8-6-13(20)21)14-11-10-12(15(2,3)4)17-19(11)9-7-16-14/h7,9-10H,5-6,8H2,1-4H3,(H,20,21). The van der Waals surface area contributed by atoms with Crippen molar-refractivity contribution in [1.82, 2.24) is 14.6 Å². The number of hydrogen-bond acceptors (Lipinski definition) is 4. The molecule has 0 aliphatic heterocycles. The molecule has 0 amide bonds. The molecule has 6 heteroatoms. The minimum atomic E-state index is -0.802. The molecule has 0 bridgehead atoms. The summed E-state index contributed by atoms with van der Waals surface area (Å²) in [6.07, 6.45) is 3.61. The molecule has 0 fully saturated rings. The average molecular weight is 290 g/mol. The van der Waals surface area contributed by atoms with Gasteiger partial charge in [0, 0.05) is 30.9 Å². The summed E-state index contributed by atoms with van der Waals surface area (Å²) in [5, 5.41) is 13.5. The molecule has 0 atom stereocenters. The van der Waals surface area contributed by atoms with Crippen molar-refractivity contribution in [2.45, 2.75) is 39.5 Å². The zero-order valence-corrected chi connectivity index (χ0v) is 13.0. The molecule has 2 aromatic heterocycles. The predicted octanol–water partition coefficient (Wildman–Crippen LogP) is 2.33. The second-order valence-corrected chi connectivity index (χ2v) is 6.08. The largest absolute Gasteiger partial charge is 0.481 e.